The van der Waals surface area contributed by atoms with Gasteiger partial charge in [0.1, 0.15) is 11.6 Å². The second-order valence-corrected chi connectivity index (χ2v) is 9.11. The summed E-state index contributed by atoms with van der Waals surface area (Å²) in [5, 5.41) is 4.10. The number of nitrogens with one attached hydrogen (secondary N) is 1. The van der Waals surface area contributed by atoms with Crippen LogP contribution in [0.5, 0.6) is 0 Å². The van der Waals surface area contributed by atoms with Crippen molar-refractivity contribution in [3.05, 3.63) is 28.7 Å². The number of hydrogen-bond donors (Lipinski definition) is 2. The molecule has 0 unspecified atom stereocenters. The monoisotopic (exact) mass is 388 g/mol. The molecule has 7 nitrogen and oxygen atoms in total. The van der Waals surface area contributed by atoms with Gasteiger partial charge in [0.15, 0.2) is 5.13 Å². The van der Waals surface area contributed by atoms with E-state index in [2.05, 4.69) is 20.3 Å². The predicted octanol–water partition coefficient (Wildman–Crippen LogP) is 2.81. The number of piperidine rings is 1. The van der Waals surface area contributed by atoms with Crippen LogP contribution in [0.2, 0.25) is 0 Å². The predicted molar refractivity (Wildman–Crippen MR) is 108 cm³/mol. The normalized spacial score (nSPS) is 17.8. The van der Waals surface area contributed by atoms with Gasteiger partial charge in [-0.1, -0.05) is 0 Å². The third-order valence-electron chi connectivity index (χ3n) is 4.60. The highest BCUT2D eigenvalue weighted by Crippen LogP contribution is 2.24. The zero-order chi connectivity index (χ0) is 19.6. The van der Waals surface area contributed by atoms with Crippen LogP contribution in [0.25, 0.3) is 0 Å². The molecule has 0 radical (unpaired) electrons. The van der Waals surface area contributed by atoms with Crippen molar-refractivity contribution >= 4 is 28.2 Å². The Labute approximate surface area is 164 Å². The maximum absolute atomic E-state index is 12.5. The Morgan fingerprint density at radius 3 is 2.85 bits per heavy atom. The Hall–Kier alpha value is -2.06. The van der Waals surface area contributed by atoms with Gasteiger partial charge in [0.05, 0.1) is 5.54 Å². The molecule has 2 aromatic rings. The molecular formula is C19H28N6OS. The molecule has 27 heavy (non-hydrogen) atoms. The lowest BCUT2D eigenvalue weighted by Crippen LogP contribution is -2.53. The molecule has 8 heteroatoms. The first-order valence-corrected chi connectivity index (χ1v) is 10.1. The first-order valence-electron chi connectivity index (χ1n) is 9.33. The van der Waals surface area contributed by atoms with Crippen molar-refractivity contribution in [2.45, 2.75) is 52.5 Å². The summed E-state index contributed by atoms with van der Waals surface area (Å²) < 4.78 is 0. The van der Waals surface area contributed by atoms with Crippen LogP contribution >= 0.6 is 11.3 Å². The van der Waals surface area contributed by atoms with Gasteiger partial charge in [-0.3, -0.25) is 4.79 Å². The lowest BCUT2D eigenvalue weighted by molar-refractivity contribution is -0.137. The number of nitrogens with zero attached hydrogens (tertiary/aromatic N) is 4. The van der Waals surface area contributed by atoms with E-state index in [0.717, 1.165) is 59.7 Å². The molecule has 0 spiro atoms. The standard InChI is InChI=1S/C19H28N6OS/c1-12-10-21-18(27-12)24-16-9-15(22-13(2)23-16)8-14-6-5-7-25(11-14)17(26)19(3,4)20/h9-10,14H,5-8,11,20H2,1-4H3,(H,21,22,23,24)/t14-/m0/s1. The fraction of sp³-hybridized carbons (Fsp3) is 0.579. The molecular weight excluding hydrogens is 360 g/mol. The SMILES string of the molecule is Cc1nc(C[C@@H]2CCCN(C(=O)C(C)(C)N)C2)cc(Nc2ncc(C)s2)n1. The van der Waals surface area contributed by atoms with Crippen LogP contribution in [-0.4, -0.2) is 44.4 Å². The number of aromatic nitrogens is 3. The summed E-state index contributed by atoms with van der Waals surface area (Å²) in [5.41, 5.74) is 6.16. The first-order chi connectivity index (χ1) is 12.7. The van der Waals surface area contributed by atoms with Crippen molar-refractivity contribution in [1.29, 1.82) is 0 Å². The minimum absolute atomic E-state index is 0.0209. The summed E-state index contributed by atoms with van der Waals surface area (Å²) in [5.74, 6) is 1.90. The van der Waals surface area contributed by atoms with Crippen LogP contribution in [0.4, 0.5) is 10.9 Å². The number of likely N-dealkylation sites (tertiary alicyclic amines) is 1. The largest absolute Gasteiger partial charge is 0.341 e. The second-order valence-electron chi connectivity index (χ2n) is 7.88. The van der Waals surface area contributed by atoms with Crippen molar-refractivity contribution < 1.29 is 4.79 Å². The minimum atomic E-state index is -0.823. The summed E-state index contributed by atoms with van der Waals surface area (Å²) >= 11 is 1.60. The highest BCUT2D eigenvalue weighted by Gasteiger charge is 2.31. The van der Waals surface area contributed by atoms with Gasteiger partial charge < -0.3 is 16.0 Å². The van der Waals surface area contributed by atoms with E-state index in [0.29, 0.717) is 5.92 Å². The van der Waals surface area contributed by atoms with Gasteiger partial charge in [0.25, 0.3) is 0 Å². The Bertz CT molecular complexity index is 813. The number of hydrogen-bond acceptors (Lipinski definition) is 7. The lowest BCUT2D eigenvalue weighted by Gasteiger charge is -2.36. The lowest BCUT2D eigenvalue weighted by atomic mass is 9.91. The van der Waals surface area contributed by atoms with Crippen LogP contribution in [-0.2, 0) is 11.2 Å². The molecule has 146 valence electrons. The van der Waals surface area contributed by atoms with Gasteiger partial charge in [-0.15, -0.1) is 11.3 Å². The summed E-state index contributed by atoms with van der Waals surface area (Å²) in [4.78, 5) is 28.9. The maximum atomic E-state index is 12.5. The van der Waals surface area contributed by atoms with Crippen LogP contribution in [0.1, 0.15) is 43.1 Å². The van der Waals surface area contributed by atoms with Crippen LogP contribution in [0.15, 0.2) is 12.3 Å². The molecule has 3 rings (SSSR count). The molecule has 0 aliphatic carbocycles. The number of aryl methyl sites for hydroxylation is 2. The van der Waals surface area contributed by atoms with Crippen molar-refractivity contribution in [3.63, 3.8) is 0 Å². The summed E-state index contributed by atoms with van der Waals surface area (Å²) in [6, 6.07) is 1.98. The summed E-state index contributed by atoms with van der Waals surface area (Å²) in [6.45, 7) is 8.98. The molecule has 1 amide bonds. The molecule has 1 aliphatic heterocycles. The molecule has 1 fully saturated rings. The third kappa shape index (κ3) is 5.23. The van der Waals surface area contributed by atoms with E-state index in [9.17, 15) is 4.79 Å². The number of carbonyl (C=O) groups is 1. The van der Waals surface area contributed by atoms with Crippen molar-refractivity contribution in [2.75, 3.05) is 18.4 Å². The molecule has 3 heterocycles. The van der Waals surface area contributed by atoms with Gasteiger partial charge in [-0.05, 0) is 52.9 Å². The number of carbonyl (C=O) groups excluding carboxylic acids is 1. The van der Waals surface area contributed by atoms with Gasteiger partial charge in [-0.25, -0.2) is 15.0 Å². The smallest absolute Gasteiger partial charge is 0.242 e. The molecule has 1 saturated heterocycles. The van der Waals surface area contributed by atoms with Gasteiger partial charge in [0, 0.05) is 35.9 Å². The van der Waals surface area contributed by atoms with Crippen LogP contribution in [0.3, 0.4) is 0 Å². The highest BCUT2D eigenvalue weighted by molar-refractivity contribution is 7.15. The maximum Gasteiger partial charge on any atom is 0.242 e. The molecule has 2 aromatic heterocycles. The highest BCUT2D eigenvalue weighted by atomic mass is 32.1. The number of amides is 1. The molecule has 0 bridgehead atoms. The summed E-state index contributed by atoms with van der Waals surface area (Å²) in [6.07, 6.45) is 4.75. The Kier molecular flexibility index (Phi) is 5.76. The van der Waals surface area contributed by atoms with E-state index in [4.69, 9.17) is 5.73 Å². The third-order valence-corrected chi connectivity index (χ3v) is 5.43. The van der Waals surface area contributed by atoms with E-state index in [1.165, 1.54) is 0 Å². The Morgan fingerprint density at radius 1 is 1.41 bits per heavy atom. The van der Waals surface area contributed by atoms with E-state index < -0.39 is 5.54 Å². The van der Waals surface area contributed by atoms with E-state index in [1.807, 2.05) is 31.0 Å². The second kappa shape index (κ2) is 7.90. The molecule has 1 atom stereocenters. The average Bonchev–Trinajstić information content (AvgIpc) is 2.98. The van der Waals surface area contributed by atoms with Crippen molar-refractivity contribution in [1.82, 2.24) is 19.9 Å². The minimum Gasteiger partial charge on any atom is -0.341 e. The average molecular weight is 389 g/mol. The molecule has 1 aliphatic rings. The molecule has 3 N–H and O–H groups in total. The quantitative estimate of drug-likeness (QED) is 0.817. The van der Waals surface area contributed by atoms with Gasteiger partial charge in [-0.2, -0.15) is 0 Å². The van der Waals surface area contributed by atoms with Crippen LogP contribution in [0, 0.1) is 19.8 Å². The molecule has 0 saturated carbocycles. The van der Waals surface area contributed by atoms with Crippen molar-refractivity contribution in [2.24, 2.45) is 11.7 Å². The van der Waals surface area contributed by atoms with Crippen LogP contribution < -0.4 is 11.1 Å². The van der Waals surface area contributed by atoms with E-state index in [1.54, 1.807) is 25.2 Å². The zero-order valence-corrected chi connectivity index (χ0v) is 17.3. The zero-order valence-electron chi connectivity index (χ0n) is 16.5. The number of nitrogens with two attached hydrogens (primary N) is 1. The Morgan fingerprint density at radius 2 is 2.19 bits per heavy atom. The van der Waals surface area contributed by atoms with Gasteiger partial charge >= 0.3 is 0 Å². The number of anilines is 2. The van der Waals surface area contributed by atoms with E-state index >= 15 is 0 Å². The van der Waals surface area contributed by atoms with Crippen molar-refractivity contribution in [3.8, 4) is 0 Å². The summed E-state index contributed by atoms with van der Waals surface area (Å²) in [7, 11) is 0. The Balaban J connectivity index is 1.68. The fourth-order valence-corrected chi connectivity index (χ4v) is 4.11. The topological polar surface area (TPSA) is 97.0 Å². The fourth-order valence-electron chi connectivity index (χ4n) is 3.44. The van der Waals surface area contributed by atoms with E-state index in [-0.39, 0.29) is 5.91 Å². The first kappa shape index (κ1) is 19.7. The number of rotatable bonds is 5. The molecule has 0 aromatic carbocycles. The van der Waals surface area contributed by atoms with Gasteiger partial charge in [0.2, 0.25) is 5.91 Å². The number of thiazole rings is 1.